The second-order valence-electron chi connectivity index (χ2n) is 8.08. The van der Waals surface area contributed by atoms with Crippen molar-refractivity contribution < 1.29 is 4.79 Å². The third-order valence-electron chi connectivity index (χ3n) is 5.69. The molecule has 2 aliphatic rings. The van der Waals surface area contributed by atoms with Crippen LogP contribution >= 0.6 is 34.9 Å². The van der Waals surface area contributed by atoms with Crippen LogP contribution in [0, 0.1) is 0 Å². The molecule has 1 spiro atoms. The fourth-order valence-corrected chi connectivity index (χ4v) is 7.71. The number of thioether (sulfide) groups is 2. The van der Waals surface area contributed by atoms with Gasteiger partial charge in [-0.05, 0) is 65.2 Å². The van der Waals surface area contributed by atoms with Gasteiger partial charge in [-0.3, -0.25) is 9.69 Å². The molecule has 4 nitrogen and oxygen atoms in total. The number of hydrogen-bond acceptors (Lipinski definition) is 6. The summed E-state index contributed by atoms with van der Waals surface area (Å²) in [5.74, 6) is -0.0310. The van der Waals surface area contributed by atoms with Gasteiger partial charge in [-0.25, -0.2) is 5.01 Å². The molecule has 1 fully saturated rings. The summed E-state index contributed by atoms with van der Waals surface area (Å²) >= 11 is 4.75. The van der Waals surface area contributed by atoms with E-state index in [1.807, 2.05) is 118 Å². The van der Waals surface area contributed by atoms with E-state index in [0.717, 1.165) is 26.9 Å². The third kappa shape index (κ3) is 4.30. The monoisotopic (exact) mass is 523 g/mol. The SMILES string of the molecule is O=C1/C(=C\c2cccs2)SC2(SC(/C=C/c3ccccc3)=NN2c2ccccc2)N1c1ccccc1. The molecule has 1 saturated heterocycles. The van der Waals surface area contributed by atoms with Crippen molar-refractivity contribution in [3.8, 4) is 0 Å². The highest BCUT2D eigenvalue weighted by Gasteiger charge is 2.58. The number of hydrazone groups is 1. The molecule has 0 N–H and O–H groups in total. The Balaban J connectivity index is 1.47. The molecule has 1 amide bonds. The number of rotatable bonds is 5. The number of para-hydroxylation sites is 2. The molecular weight excluding hydrogens is 503 g/mol. The van der Waals surface area contributed by atoms with E-state index in [4.69, 9.17) is 5.10 Å². The molecule has 3 heterocycles. The maximum atomic E-state index is 14.0. The highest BCUT2D eigenvalue weighted by molar-refractivity contribution is 8.28. The van der Waals surface area contributed by atoms with Gasteiger partial charge in [0.05, 0.1) is 10.6 Å². The summed E-state index contributed by atoms with van der Waals surface area (Å²) in [7, 11) is 0. The Morgan fingerprint density at radius 2 is 1.39 bits per heavy atom. The van der Waals surface area contributed by atoms with Crippen molar-refractivity contribution in [2.24, 2.45) is 5.10 Å². The molecule has 2 aliphatic heterocycles. The van der Waals surface area contributed by atoms with E-state index < -0.39 is 4.33 Å². The van der Waals surface area contributed by atoms with E-state index >= 15 is 0 Å². The quantitative estimate of drug-likeness (QED) is 0.251. The van der Waals surface area contributed by atoms with Crippen LogP contribution in [0.25, 0.3) is 12.2 Å². The minimum absolute atomic E-state index is 0.0310. The number of amides is 1. The minimum atomic E-state index is -0.834. The summed E-state index contributed by atoms with van der Waals surface area (Å²) in [6, 6.07) is 34.1. The van der Waals surface area contributed by atoms with E-state index in [1.54, 1.807) is 34.9 Å². The van der Waals surface area contributed by atoms with E-state index in [9.17, 15) is 4.79 Å². The molecule has 7 heteroatoms. The zero-order chi connectivity index (χ0) is 24.4. The Hall–Kier alpha value is -3.52. The van der Waals surface area contributed by atoms with Crippen molar-refractivity contribution in [1.82, 2.24) is 0 Å². The zero-order valence-corrected chi connectivity index (χ0v) is 21.5. The van der Waals surface area contributed by atoms with E-state index in [2.05, 4.69) is 18.2 Å². The lowest BCUT2D eigenvalue weighted by Crippen LogP contribution is -2.51. The van der Waals surface area contributed by atoms with Crippen molar-refractivity contribution in [3.63, 3.8) is 0 Å². The fourth-order valence-electron chi connectivity index (χ4n) is 4.08. The van der Waals surface area contributed by atoms with Crippen molar-refractivity contribution in [1.29, 1.82) is 0 Å². The lowest BCUT2D eigenvalue weighted by Gasteiger charge is -2.38. The lowest BCUT2D eigenvalue weighted by atomic mass is 10.2. The maximum Gasteiger partial charge on any atom is 0.268 e. The summed E-state index contributed by atoms with van der Waals surface area (Å²) < 4.78 is -0.834. The lowest BCUT2D eigenvalue weighted by molar-refractivity contribution is -0.114. The van der Waals surface area contributed by atoms with Gasteiger partial charge in [0.1, 0.15) is 5.04 Å². The Morgan fingerprint density at radius 1 is 0.722 bits per heavy atom. The summed E-state index contributed by atoms with van der Waals surface area (Å²) in [5, 5.41) is 9.88. The normalized spacial score (nSPS) is 20.7. The Bertz CT molecular complexity index is 1450. The van der Waals surface area contributed by atoms with Crippen LogP contribution in [0.1, 0.15) is 10.4 Å². The number of benzene rings is 3. The van der Waals surface area contributed by atoms with Gasteiger partial charge in [0, 0.05) is 10.6 Å². The molecule has 6 rings (SSSR count). The van der Waals surface area contributed by atoms with Gasteiger partial charge >= 0.3 is 0 Å². The van der Waals surface area contributed by atoms with E-state index in [1.165, 1.54) is 0 Å². The fraction of sp³-hybridized carbons (Fsp3) is 0.0345. The highest BCUT2D eigenvalue weighted by Crippen LogP contribution is 2.59. The first kappa shape index (κ1) is 22.9. The molecule has 36 heavy (non-hydrogen) atoms. The molecule has 176 valence electrons. The van der Waals surface area contributed by atoms with E-state index in [0.29, 0.717) is 4.91 Å². The first-order valence-electron chi connectivity index (χ1n) is 11.4. The summed E-state index contributed by atoms with van der Waals surface area (Å²) in [5.41, 5.74) is 2.86. The molecule has 0 aliphatic carbocycles. The van der Waals surface area contributed by atoms with Crippen molar-refractivity contribution >= 4 is 69.3 Å². The van der Waals surface area contributed by atoms with Crippen LogP contribution in [0.4, 0.5) is 11.4 Å². The van der Waals surface area contributed by atoms with Crippen LogP contribution in [-0.4, -0.2) is 15.3 Å². The first-order chi connectivity index (χ1) is 17.7. The van der Waals surface area contributed by atoms with Gasteiger partial charge < -0.3 is 0 Å². The standard InChI is InChI=1S/C29H21N3OS3/c33-28-26(21-25-17-10-20-34-25)35-29(31(28)23-13-6-2-7-14-23)32(24-15-8-3-9-16-24)30-27(36-29)19-18-22-11-4-1-5-12-22/h1-21H/b19-18+,26-21+. The van der Waals surface area contributed by atoms with Crippen LogP contribution in [0.15, 0.2) is 125 Å². The van der Waals surface area contributed by atoms with Crippen LogP contribution in [0.5, 0.6) is 0 Å². The molecular formula is C29H21N3OS3. The molecule has 0 radical (unpaired) electrons. The predicted molar refractivity (Wildman–Crippen MR) is 156 cm³/mol. The van der Waals surface area contributed by atoms with Crippen LogP contribution in [0.3, 0.4) is 0 Å². The highest BCUT2D eigenvalue weighted by atomic mass is 32.2. The average Bonchev–Trinajstić information content (AvgIpc) is 3.63. The summed E-state index contributed by atoms with van der Waals surface area (Å²) in [4.78, 5) is 17.6. The third-order valence-corrected chi connectivity index (χ3v) is 9.19. The second-order valence-corrected chi connectivity index (χ2v) is 11.7. The van der Waals surface area contributed by atoms with Crippen LogP contribution in [-0.2, 0) is 4.79 Å². The number of hydrogen-bond donors (Lipinski definition) is 0. The number of carbonyl (C=O) groups excluding carboxylic acids is 1. The summed E-state index contributed by atoms with van der Waals surface area (Å²) in [6.45, 7) is 0. The topological polar surface area (TPSA) is 35.9 Å². The molecule has 3 aromatic carbocycles. The largest absolute Gasteiger partial charge is 0.268 e. The molecule has 1 unspecified atom stereocenters. The van der Waals surface area contributed by atoms with Gasteiger partial charge in [-0.1, -0.05) is 90.6 Å². The van der Waals surface area contributed by atoms with Gasteiger partial charge in [0.2, 0.25) is 4.33 Å². The molecule has 0 bridgehead atoms. The second kappa shape index (κ2) is 9.85. The Morgan fingerprint density at radius 3 is 2.06 bits per heavy atom. The van der Waals surface area contributed by atoms with Gasteiger partial charge in [-0.2, -0.15) is 5.10 Å². The minimum Gasteiger partial charge on any atom is -0.268 e. The Labute approximate surface area is 222 Å². The maximum absolute atomic E-state index is 14.0. The first-order valence-corrected chi connectivity index (χ1v) is 13.9. The van der Waals surface area contributed by atoms with Gasteiger partial charge in [0.15, 0.2) is 0 Å². The number of anilines is 2. The molecule has 1 aromatic heterocycles. The molecule has 1 atom stereocenters. The van der Waals surface area contributed by atoms with E-state index in [-0.39, 0.29) is 5.91 Å². The van der Waals surface area contributed by atoms with Crippen molar-refractivity contribution in [2.75, 3.05) is 9.91 Å². The smallest absolute Gasteiger partial charge is 0.268 e. The number of thiophene rings is 1. The predicted octanol–water partition coefficient (Wildman–Crippen LogP) is 7.76. The zero-order valence-electron chi connectivity index (χ0n) is 19.1. The molecule has 0 saturated carbocycles. The number of nitrogens with zero attached hydrogens (tertiary/aromatic N) is 3. The van der Waals surface area contributed by atoms with Crippen LogP contribution in [0.2, 0.25) is 0 Å². The van der Waals surface area contributed by atoms with Crippen molar-refractivity contribution in [2.45, 2.75) is 4.33 Å². The number of carbonyl (C=O) groups is 1. The Kier molecular flexibility index (Phi) is 6.27. The van der Waals surface area contributed by atoms with Gasteiger partial charge in [0.25, 0.3) is 5.91 Å². The average molecular weight is 524 g/mol. The molecule has 4 aromatic rings. The summed E-state index contributed by atoms with van der Waals surface area (Å²) in [6.07, 6.45) is 6.08. The van der Waals surface area contributed by atoms with Gasteiger partial charge in [-0.15, -0.1) is 11.3 Å². The van der Waals surface area contributed by atoms with Crippen molar-refractivity contribution in [3.05, 3.63) is 130 Å². The van der Waals surface area contributed by atoms with Crippen LogP contribution < -0.4 is 9.91 Å².